The number of halogens is 3. The second-order valence-electron chi connectivity index (χ2n) is 8.32. The Hall–Kier alpha value is -4.51. The number of carboxylic acid groups (broad SMARTS) is 1. The van der Waals surface area contributed by atoms with Gasteiger partial charge in [0.2, 0.25) is 0 Å². The molecule has 3 aromatic carbocycles. The maximum absolute atomic E-state index is 13.4. The lowest BCUT2D eigenvalue weighted by Crippen LogP contribution is -2.08. The Morgan fingerprint density at radius 3 is 2.50 bits per heavy atom. The molecular formula is C28H21F3N2O3. The van der Waals surface area contributed by atoms with Crippen LogP contribution in [0, 0.1) is 18.3 Å². The topological polar surface area (TPSA) is 75.2 Å². The highest BCUT2D eigenvalue weighted by Crippen LogP contribution is 2.34. The number of aliphatic carboxylic acids is 1. The number of para-hydroxylation sites is 1. The van der Waals surface area contributed by atoms with Crippen molar-refractivity contribution in [3.05, 3.63) is 106 Å². The van der Waals surface area contributed by atoms with Gasteiger partial charge >= 0.3 is 12.1 Å². The van der Waals surface area contributed by atoms with Crippen molar-refractivity contribution in [1.29, 1.82) is 5.26 Å². The van der Waals surface area contributed by atoms with Crippen molar-refractivity contribution in [1.82, 2.24) is 4.57 Å². The van der Waals surface area contributed by atoms with Gasteiger partial charge in [0.15, 0.2) is 0 Å². The maximum Gasteiger partial charge on any atom is 0.416 e. The van der Waals surface area contributed by atoms with Crippen LogP contribution in [-0.4, -0.2) is 15.6 Å². The first-order valence-electron chi connectivity index (χ1n) is 11.0. The average Bonchev–Trinajstić information content (AvgIpc) is 3.18. The van der Waals surface area contributed by atoms with Crippen LogP contribution in [0.2, 0.25) is 0 Å². The summed E-state index contributed by atoms with van der Waals surface area (Å²) in [5, 5.41) is 19.2. The van der Waals surface area contributed by atoms with Gasteiger partial charge in [-0.1, -0.05) is 54.1 Å². The number of aryl methyl sites for hydroxylation is 1. The molecule has 1 aromatic heterocycles. The molecule has 0 fully saturated rings. The molecule has 36 heavy (non-hydrogen) atoms. The second-order valence-corrected chi connectivity index (χ2v) is 8.32. The van der Waals surface area contributed by atoms with E-state index >= 15 is 0 Å². The summed E-state index contributed by atoms with van der Waals surface area (Å²) in [6.45, 7) is 1.94. The summed E-state index contributed by atoms with van der Waals surface area (Å²) in [4.78, 5) is 11.4. The van der Waals surface area contributed by atoms with Crippen molar-refractivity contribution in [2.45, 2.75) is 26.3 Å². The van der Waals surface area contributed by atoms with Crippen molar-refractivity contribution in [3.63, 3.8) is 0 Å². The quantitative estimate of drug-likeness (QED) is 0.234. The van der Waals surface area contributed by atoms with Crippen LogP contribution in [0.15, 0.2) is 78.5 Å². The third-order valence-electron chi connectivity index (χ3n) is 5.60. The highest BCUT2D eigenvalue weighted by molar-refractivity contribution is 6.01. The van der Waals surface area contributed by atoms with Crippen molar-refractivity contribution in [2.75, 3.05) is 0 Å². The van der Waals surface area contributed by atoms with E-state index in [1.165, 1.54) is 6.08 Å². The van der Waals surface area contributed by atoms with E-state index in [4.69, 9.17) is 4.74 Å². The van der Waals surface area contributed by atoms with Crippen LogP contribution in [0.5, 0.6) is 5.75 Å². The van der Waals surface area contributed by atoms with Gasteiger partial charge in [-0.05, 0) is 42.3 Å². The van der Waals surface area contributed by atoms with E-state index in [9.17, 15) is 28.3 Å². The smallest absolute Gasteiger partial charge is 0.416 e. The van der Waals surface area contributed by atoms with Crippen molar-refractivity contribution in [2.24, 2.45) is 0 Å². The number of hydrogen-bond acceptors (Lipinski definition) is 3. The molecule has 5 nitrogen and oxygen atoms in total. The molecule has 0 bridgehead atoms. The molecule has 0 atom stereocenters. The Bertz CT molecular complexity index is 1500. The average molecular weight is 490 g/mol. The van der Waals surface area contributed by atoms with Gasteiger partial charge in [-0.3, -0.25) is 0 Å². The predicted octanol–water partition coefficient (Wildman–Crippen LogP) is 6.59. The van der Waals surface area contributed by atoms with Crippen molar-refractivity contribution < 1.29 is 27.8 Å². The number of hydrogen-bond donors (Lipinski definition) is 1. The van der Waals surface area contributed by atoms with E-state index < -0.39 is 23.3 Å². The summed E-state index contributed by atoms with van der Waals surface area (Å²) in [5.74, 6) is -0.892. The Labute approximate surface area is 205 Å². The molecule has 1 heterocycles. The molecule has 0 aliphatic heterocycles. The van der Waals surface area contributed by atoms with Gasteiger partial charge in [-0.25, -0.2) is 4.79 Å². The lowest BCUT2D eigenvalue weighted by Gasteiger charge is -2.14. The van der Waals surface area contributed by atoms with E-state index in [0.29, 0.717) is 33.3 Å². The minimum atomic E-state index is -4.49. The summed E-state index contributed by atoms with van der Waals surface area (Å²) in [5.41, 5.74) is 1.64. The predicted molar refractivity (Wildman–Crippen MR) is 129 cm³/mol. The zero-order valence-electron chi connectivity index (χ0n) is 19.2. The van der Waals surface area contributed by atoms with Gasteiger partial charge in [0.25, 0.3) is 0 Å². The first-order valence-corrected chi connectivity index (χ1v) is 11.0. The Kier molecular flexibility index (Phi) is 6.84. The molecular weight excluding hydrogens is 469 g/mol. The molecule has 8 heteroatoms. The van der Waals surface area contributed by atoms with E-state index in [2.05, 4.69) is 0 Å². The largest absolute Gasteiger partial charge is 0.487 e. The molecule has 0 amide bonds. The Morgan fingerprint density at radius 1 is 1.08 bits per heavy atom. The fourth-order valence-corrected chi connectivity index (χ4v) is 4.06. The van der Waals surface area contributed by atoms with Gasteiger partial charge in [0, 0.05) is 23.7 Å². The Balaban J connectivity index is 1.84. The van der Waals surface area contributed by atoms with Crippen molar-refractivity contribution >= 4 is 22.9 Å². The first kappa shape index (κ1) is 24.6. The molecule has 0 spiro atoms. The third-order valence-corrected chi connectivity index (χ3v) is 5.60. The van der Waals surface area contributed by atoms with E-state index in [0.717, 1.165) is 17.7 Å². The summed E-state index contributed by atoms with van der Waals surface area (Å²) >= 11 is 0. The standard InChI is InChI=1S/C28H21F3N2O3/c1-18-10-20(12-23(11-18)28(29,30)31)15-33-16-22(13-21(14-32)27(34)35)24-8-5-9-25(26(24)33)36-17-19-6-3-2-4-7-19/h2-13,16H,15,17H2,1H3,(H,34,35)/b21-13+. The van der Waals surface area contributed by atoms with Crippen LogP contribution >= 0.6 is 0 Å². The molecule has 1 N–H and O–H groups in total. The second kappa shape index (κ2) is 10.0. The summed E-state index contributed by atoms with van der Waals surface area (Å²) in [6, 6.07) is 20.2. The van der Waals surface area contributed by atoms with Crippen molar-refractivity contribution in [3.8, 4) is 11.8 Å². The number of carbonyl (C=O) groups is 1. The molecule has 0 aliphatic rings. The van der Waals surface area contributed by atoms with Gasteiger partial charge in [0.1, 0.15) is 24.0 Å². The number of aromatic nitrogens is 1. The lowest BCUT2D eigenvalue weighted by atomic mass is 10.1. The number of carboxylic acids is 1. The van der Waals surface area contributed by atoms with E-state index in [1.807, 2.05) is 30.3 Å². The number of ether oxygens (including phenoxy) is 1. The van der Waals surface area contributed by atoms with E-state index in [-0.39, 0.29) is 13.2 Å². The van der Waals surface area contributed by atoms with E-state index in [1.54, 1.807) is 48.0 Å². The van der Waals surface area contributed by atoms with Crippen LogP contribution in [0.4, 0.5) is 13.2 Å². The summed E-state index contributed by atoms with van der Waals surface area (Å²) < 4.78 is 48.0. The lowest BCUT2D eigenvalue weighted by molar-refractivity contribution is -0.137. The zero-order valence-corrected chi connectivity index (χ0v) is 19.2. The minimum Gasteiger partial charge on any atom is -0.487 e. The number of alkyl halides is 3. The highest BCUT2D eigenvalue weighted by atomic mass is 19.4. The normalized spacial score (nSPS) is 11.9. The number of benzene rings is 3. The molecule has 4 aromatic rings. The number of fused-ring (bicyclic) bond motifs is 1. The van der Waals surface area contributed by atoms with Gasteiger partial charge in [-0.2, -0.15) is 18.4 Å². The third kappa shape index (κ3) is 5.41. The minimum absolute atomic E-state index is 0.0791. The van der Waals surface area contributed by atoms with Crippen LogP contribution in [-0.2, 0) is 24.1 Å². The molecule has 0 aliphatic carbocycles. The zero-order chi connectivity index (χ0) is 25.9. The highest BCUT2D eigenvalue weighted by Gasteiger charge is 2.31. The van der Waals surface area contributed by atoms with Crippen LogP contribution in [0.1, 0.15) is 27.8 Å². The Morgan fingerprint density at radius 2 is 1.83 bits per heavy atom. The first-order chi connectivity index (χ1) is 17.2. The fraction of sp³-hybridized carbons (Fsp3) is 0.143. The summed E-state index contributed by atoms with van der Waals surface area (Å²) in [6.07, 6.45) is -1.62. The monoisotopic (exact) mass is 490 g/mol. The maximum atomic E-state index is 13.4. The number of nitriles is 1. The van der Waals surface area contributed by atoms with Gasteiger partial charge in [-0.15, -0.1) is 0 Å². The molecule has 0 saturated heterocycles. The molecule has 0 radical (unpaired) electrons. The van der Waals surface area contributed by atoms with Crippen LogP contribution in [0.3, 0.4) is 0 Å². The van der Waals surface area contributed by atoms with Crippen LogP contribution in [0.25, 0.3) is 17.0 Å². The molecule has 0 saturated carbocycles. The molecule has 0 unspecified atom stereocenters. The molecule has 4 rings (SSSR count). The SMILES string of the molecule is Cc1cc(Cn2cc(/C=C(\C#N)C(=O)O)c3cccc(OCc4ccccc4)c32)cc(C(F)(F)F)c1. The molecule has 182 valence electrons. The van der Waals surface area contributed by atoms with Gasteiger partial charge in [0.05, 0.1) is 11.1 Å². The fourth-order valence-electron chi connectivity index (χ4n) is 4.06. The van der Waals surface area contributed by atoms with Gasteiger partial charge < -0.3 is 14.4 Å². The number of nitrogens with zero attached hydrogens (tertiary/aromatic N) is 2. The number of rotatable bonds is 7. The van der Waals surface area contributed by atoms with Crippen LogP contribution < -0.4 is 4.74 Å². The summed E-state index contributed by atoms with van der Waals surface area (Å²) in [7, 11) is 0.